The monoisotopic (exact) mass is 418 g/mol. The average Bonchev–Trinajstić information content (AvgIpc) is 3.47. The lowest BCUT2D eigenvalue weighted by molar-refractivity contribution is -0.140. The van der Waals surface area contributed by atoms with Gasteiger partial charge in [-0.1, -0.05) is 74.5 Å². The second kappa shape index (κ2) is 7.88. The fourth-order valence-electron chi connectivity index (χ4n) is 3.88. The number of carbonyl (C=O) groups is 1. The van der Waals surface area contributed by atoms with E-state index in [0.717, 1.165) is 65.2 Å². The molecule has 0 unspecified atom stereocenters. The number of aromatic nitrogens is 1. The van der Waals surface area contributed by atoms with Gasteiger partial charge in [-0.15, -0.1) is 0 Å². The van der Waals surface area contributed by atoms with Gasteiger partial charge in [0.15, 0.2) is 5.76 Å². The number of carboxylic acids is 1. The highest BCUT2D eigenvalue weighted by atomic mass is 16.5. The molecule has 0 spiro atoms. The summed E-state index contributed by atoms with van der Waals surface area (Å²) in [6.45, 7) is 9.50. The highest BCUT2D eigenvalue weighted by Crippen LogP contribution is 2.48. The summed E-state index contributed by atoms with van der Waals surface area (Å²) in [5, 5.41) is 17.1. The molecule has 5 nitrogen and oxygen atoms in total. The lowest BCUT2D eigenvalue weighted by Crippen LogP contribution is -2.19. The van der Waals surface area contributed by atoms with Gasteiger partial charge in [-0.2, -0.15) is 0 Å². The Kier molecular flexibility index (Phi) is 5.38. The topological polar surface area (TPSA) is 75.4 Å². The Morgan fingerprint density at radius 2 is 1.58 bits per heavy atom. The van der Waals surface area contributed by atoms with Gasteiger partial charge >= 0.3 is 5.97 Å². The van der Waals surface area contributed by atoms with Gasteiger partial charge in [-0.05, 0) is 48.3 Å². The normalized spacial score (nSPS) is 15.0. The standard InChI is InChI=1S/C26H30N2O3/c1-17-22(27-16-15-25(2,3)4)23(31-28-17)20-7-5-18(6-8-20)19-9-11-21(12-10-19)26(13-14-26)24(29)30/h5-12,27H,13-16H2,1-4H3,(H,29,30). The van der Waals surface area contributed by atoms with Crippen LogP contribution in [-0.2, 0) is 10.2 Å². The summed E-state index contributed by atoms with van der Waals surface area (Å²) >= 11 is 0. The van der Waals surface area contributed by atoms with Crippen molar-refractivity contribution < 1.29 is 14.4 Å². The zero-order valence-corrected chi connectivity index (χ0v) is 18.7. The third-order valence-corrected chi connectivity index (χ3v) is 6.12. The number of benzene rings is 2. The van der Waals surface area contributed by atoms with Crippen LogP contribution in [-0.4, -0.2) is 22.8 Å². The van der Waals surface area contributed by atoms with Crippen molar-refractivity contribution in [1.29, 1.82) is 0 Å². The van der Waals surface area contributed by atoms with Gasteiger partial charge in [0.2, 0.25) is 0 Å². The summed E-state index contributed by atoms with van der Waals surface area (Å²) < 4.78 is 5.62. The first-order valence-corrected chi connectivity index (χ1v) is 10.8. The molecule has 1 aliphatic carbocycles. The smallest absolute Gasteiger partial charge is 0.314 e. The van der Waals surface area contributed by atoms with E-state index in [4.69, 9.17) is 4.52 Å². The van der Waals surface area contributed by atoms with E-state index in [9.17, 15) is 9.90 Å². The van der Waals surface area contributed by atoms with Crippen LogP contribution in [0, 0.1) is 12.3 Å². The zero-order chi connectivity index (χ0) is 22.2. The number of hydrogen-bond donors (Lipinski definition) is 2. The Hall–Kier alpha value is -3.08. The van der Waals surface area contributed by atoms with Crippen molar-refractivity contribution in [2.24, 2.45) is 5.41 Å². The molecule has 162 valence electrons. The largest absolute Gasteiger partial charge is 0.481 e. The molecule has 2 aromatic carbocycles. The molecule has 0 amide bonds. The molecule has 5 heteroatoms. The van der Waals surface area contributed by atoms with E-state index in [2.05, 4.69) is 43.4 Å². The number of nitrogens with one attached hydrogen (secondary N) is 1. The summed E-state index contributed by atoms with van der Waals surface area (Å²) in [6.07, 6.45) is 2.49. The fraction of sp³-hybridized carbons (Fsp3) is 0.385. The number of aryl methyl sites for hydroxylation is 1. The number of rotatable bonds is 7. The maximum atomic E-state index is 11.5. The predicted molar refractivity (Wildman–Crippen MR) is 123 cm³/mol. The molecule has 0 radical (unpaired) electrons. The van der Waals surface area contributed by atoms with Crippen molar-refractivity contribution in [1.82, 2.24) is 5.16 Å². The van der Waals surface area contributed by atoms with Crippen LogP contribution in [0.25, 0.3) is 22.5 Å². The van der Waals surface area contributed by atoms with E-state index >= 15 is 0 Å². The molecule has 2 N–H and O–H groups in total. The molecular weight excluding hydrogens is 388 g/mol. The number of aliphatic carboxylic acids is 1. The fourth-order valence-corrected chi connectivity index (χ4v) is 3.88. The van der Waals surface area contributed by atoms with Crippen LogP contribution in [0.15, 0.2) is 53.1 Å². The van der Waals surface area contributed by atoms with Crippen molar-refractivity contribution in [3.05, 3.63) is 59.8 Å². The lowest BCUT2D eigenvalue weighted by atomic mass is 9.92. The minimum Gasteiger partial charge on any atom is -0.481 e. The van der Waals surface area contributed by atoms with E-state index in [1.807, 2.05) is 43.3 Å². The van der Waals surface area contributed by atoms with Crippen LogP contribution in [0.5, 0.6) is 0 Å². The molecule has 1 heterocycles. The van der Waals surface area contributed by atoms with Crippen molar-refractivity contribution in [2.45, 2.75) is 52.4 Å². The molecule has 0 bridgehead atoms. The zero-order valence-electron chi connectivity index (χ0n) is 18.7. The maximum absolute atomic E-state index is 11.5. The van der Waals surface area contributed by atoms with Crippen LogP contribution in [0.3, 0.4) is 0 Å². The maximum Gasteiger partial charge on any atom is 0.314 e. The van der Waals surface area contributed by atoms with E-state index in [-0.39, 0.29) is 5.41 Å². The number of carboxylic acid groups (broad SMARTS) is 1. The highest BCUT2D eigenvalue weighted by Gasteiger charge is 2.51. The van der Waals surface area contributed by atoms with Gasteiger partial charge < -0.3 is 14.9 Å². The average molecular weight is 419 g/mol. The molecule has 4 rings (SSSR count). The second-order valence-electron chi connectivity index (χ2n) is 9.75. The van der Waals surface area contributed by atoms with Crippen molar-refractivity contribution in [2.75, 3.05) is 11.9 Å². The third kappa shape index (κ3) is 4.36. The van der Waals surface area contributed by atoms with Crippen LogP contribution in [0.1, 0.15) is 51.3 Å². The Morgan fingerprint density at radius 1 is 1.03 bits per heavy atom. The summed E-state index contributed by atoms with van der Waals surface area (Å²) in [4.78, 5) is 11.5. The van der Waals surface area contributed by atoms with Gasteiger partial charge in [-0.25, -0.2) is 0 Å². The quantitative estimate of drug-likeness (QED) is 0.472. The molecule has 0 saturated heterocycles. The van der Waals surface area contributed by atoms with E-state index in [1.165, 1.54) is 0 Å². The Labute approximate surface area is 183 Å². The van der Waals surface area contributed by atoms with E-state index in [1.54, 1.807) is 0 Å². The van der Waals surface area contributed by atoms with Gasteiger partial charge in [0.05, 0.1) is 5.41 Å². The molecule has 0 aliphatic heterocycles. The Morgan fingerprint density at radius 3 is 2.10 bits per heavy atom. The Balaban J connectivity index is 1.51. The first-order valence-electron chi connectivity index (χ1n) is 10.8. The van der Waals surface area contributed by atoms with Gasteiger partial charge in [-0.3, -0.25) is 4.79 Å². The molecule has 3 aromatic rings. The van der Waals surface area contributed by atoms with Gasteiger partial charge in [0.1, 0.15) is 11.4 Å². The molecule has 1 aromatic heterocycles. The lowest BCUT2D eigenvalue weighted by Gasteiger charge is -2.18. The molecular formula is C26H30N2O3. The molecule has 1 aliphatic rings. The predicted octanol–water partition coefficient (Wildman–Crippen LogP) is 6.28. The van der Waals surface area contributed by atoms with Crippen molar-refractivity contribution in [3.63, 3.8) is 0 Å². The van der Waals surface area contributed by atoms with Crippen LogP contribution < -0.4 is 5.32 Å². The molecule has 0 atom stereocenters. The Bertz CT molecular complexity index is 1070. The summed E-state index contributed by atoms with van der Waals surface area (Å²) in [7, 11) is 0. The SMILES string of the molecule is Cc1noc(-c2ccc(-c3ccc(C4(C(=O)O)CC4)cc3)cc2)c1NCCC(C)(C)C. The van der Waals surface area contributed by atoms with Crippen LogP contribution >= 0.6 is 0 Å². The first kappa shape index (κ1) is 21.2. The van der Waals surface area contributed by atoms with Gasteiger partial charge in [0.25, 0.3) is 0 Å². The summed E-state index contributed by atoms with van der Waals surface area (Å²) in [5.74, 6) is 0.0318. The highest BCUT2D eigenvalue weighted by molar-refractivity contribution is 5.85. The molecule has 1 saturated carbocycles. The summed E-state index contributed by atoms with van der Waals surface area (Å²) in [5.41, 5.74) is 5.41. The van der Waals surface area contributed by atoms with Crippen molar-refractivity contribution in [3.8, 4) is 22.5 Å². The number of anilines is 1. The van der Waals surface area contributed by atoms with Crippen LogP contribution in [0.2, 0.25) is 0 Å². The van der Waals surface area contributed by atoms with E-state index < -0.39 is 11.4 Å². The number of nitrogens with zero attached hydrogens (tertiary/aromatic N) is 1. The van der Waals surface area contributed by atoms with E-state index in [0.29, 0.717) is 0 Å². The molecule has 31 heavy (non-hydrogen) atoms. The second-order valence-corrected chi connectivity index (χ2v) is 9.75. The molecule has 1 fully saturated rings. The van der Waals surface area contributed by atoms with Crippen molar-refractivity contribution >= 4 is 11.7 Å². The van der Waals surface area contributed by atoms with Crippen LogP contribution in [0.4, 0.5) is 5.69 Å². The minimum absolute atomic E-state index is 0.263. The summed E-state index contributed by atoms with van der Waals surface area (Å²) in [6, 6.07) is 16.1. The first-order chi connectivity index (χ1) is 14.7. The van der Waals surface area contributed by atoms with Gasteiger partial charge in [0, 0.05) is 12.1 Å². The third-order valence-electron chi connectivity index (χ3n) is 6.12. The minimum atomic E-state index is -0.723. The number of hydrogen-bond acceptors (Lipinski definition) is 4.